The highest BCUT2D eigenvalue weighted by molar-refractivity contribution is 7.26. The van der Waals surface area contributed by atoms with Gasteiger partial charge in [-0.25, -0.2) is 0 Å². The maximum absolute atomic E-state index is 3.77. The van der Waals surface area contributed by atoms with Gasteiger partial charge in [0, 0.05) is 20.3 Å². The van der Waals surface area contributed by atoms with Gasteiger partial charge in [-0.2, -0.15) is 0 Å². The van der Waals surface area contributed by atoms with Crippen LogP contribution >= 0.6 is 22.7 Å². The molecule has 1 N–H and O–H groups in total. The van der Waals surface area contributed by atoms with E-state index >= 15 is 0 Å². The van der Waals surface area contributed by atoms with E-state index in [0.717, 1.165) is 6.42 Å². The second-order valence-electron chi connectivity index (χ2n) is 4.57. The Hall–Kier alpha value is -0.640. The highest BCUT2D eigenvalue weighted by Gasteiger charge is 2.12. The molecular formula is C15H21NS2. The molecule has 1 atom stereocenters. The van der Waals surface area contributed by atoms with Gasteiger partial charge in [0.2, 0.25) is 0 Å². The first-order valence-electron chi connectivity index (χ1n) is 6.60. The molecule has 2 aromatic heterocycles. The van der Waals surface area contributed by atoms with E-state index in [-0.39, 0.29) is 0 Å². The molecule has 0 saturated carbocycles. The van der Waals surface area contributed by atoms with E-state index < -0.39 is 0 Å². The molecule has 0 aliphatic carbocycles. The van der Waals surface area contributed by atoms with Crippen LogP contribution in [0.15, 0.2) is 30.2 Å². The predicted molar refractivity (Wildman–Crippen MR) is 84.8 cm³/mol. The van der Waals surface area contributed by atoms with Gasteiger partial charge in [0.05, 0.1) is 0 Å². The van der Waals surface area contributed by atoms with Crippen molar-refractivity contribution in [2.45, 2.75) is 38.1 Å². The number of hydrogen-bond acceptors (Lipinski definition) is 3. The molecule has 0 bridgehead atoms. The van der Waals surface area contributed by atoms with Crippen LogP contribution in [0.3, 0.4) is 0 Å². The van der Waals surface area contributed by atoms with Gasteiger partial charge in [0.15, 0.2) is 0 Å². The van der Waals surface area contributed by atoms with E-state index in [1.807, 2.05) is 28.7 Å². The zero-order chi connectivity index (χ0) is 12.8. The number of allylic oxidation sites excluding steroid dienone is 1. The van der Waals surface area contributed by atoms with Crippen LogP contribution in [0.2, 0.25) is 0 Å². The molecule has 18 heavy (non-hydrogen) atoms. The van der Waals surface area contributed by atoms with Gasteiger partial charge in [-0.15, -0.1) is 29.3 Å². The Bertz CT molecular complexity index is 455. The Morgan fingerprint density at radius 1 is 1.33 bits per heavy atom. The van der Waals surface area contributed by atoms with Crippen LogP contribution in [0.4, 0.5) is 0 Å². The van der Waals surface area contributed by atoms with E-state index in [1.165, 1.54) is 40.0 Å². The average molecular weight is 279 g/mol. The minimum atomic E-state index is 0.526. The molecule has 1 nitrogen and oxygen atoms in total. The Kier molecular flexibility index (Phi) is 5.42. The topological polar surface area (TPSA) is 12.0 Å². The Morgan fingerprint density at radius 3 is 2.94 bits per heavy atom. The van der Waals surface area contributed by atoms with Crippen LogP contribution in [0, 0.1) is 0 Å². The fourth-order valence-electron chi connectivity index (χ4n) is 2.20. The molecule has 0 aliphatic rings. The van der Waals surface area contributed by atoms with E-state index in [9.17, 15) is 0 Å². The zero-order valence-electron chi connectivity index (χ0n) is 10.9. The minimum absolute atomic E-state index is 0.526. The summed E-state index contributed by atoms with van der Waals surface area (Å²) >= 11 is 3.78. The van der Waals surface area contributed by atoms with E-state index in [0.29, 0.717) is 6.04 Å². The SMILES string of the molecule is C=CCCCCCC(NC)c1cc2sccc2s1. The van der Waals surface area contributed by atoms with Gasteiger partial charge in [-0.1, -0.05) is 18.9 Å². The molecule has 0 fully saturated rings. The van der Waals surface area contributed by atoms with Crippen molar-refractivity contribution < 1.29 is 0 Å². The first-order valence-corrected chi connectivity index (χ1v) is 8.30. The second-order valence-corrected chi connectivity index (χ2v) is 6.63. The summed E-state index contributed by atoms with van der Waals surface area (Å²) in [5.41, 5.74) is 0. The van der Waals surface area contributed by atoms with Crippen molar-refractivity contribution in [1.82, 2.24) is 5.32 Å². The minimum Gasteiger partial charge on any atom is -0.312 e. The number of hydrogen-bond donors (Lipinski definition) is 1. The van der Waals surface area contributed by atoms with Crippen LogP contribution in [-0.4, -0.2) is 7.05 Å². The molecule has 0 aliphatic heterocycles. The average Bonchev–Trinajstić information content (AvgIpc) is 2.94. The lowest BCUT2D eigenvalue weighted by molar-refractivity contribution is 0.514. The molecule has 0 amide bonds. The quantitative estimate of drug-likeness (QED) is 0.506. The van der Waals surface area contributed by atoms with Gasteiger partial charge < -0.3 is 5.32 Å². The third-order valence-corrected chi connectivity index (χ3v) is 5.46. The smallest absolute Gasteiger partial charge is 0.0454 e. The fourth-order valence-corrected chi connectivity index (χ4v) is 4.46. The highest BCUT2D eigenvalue weighted by atomic mass is 32.1. The Labute approximate surface area is 118 Å². The van der Waals surface area contributed by atoms with Crippen molar-refractivity contribution in [3.63, 3.8) is 0 Å². The molecule has 0 radical (unpaired) electrons. The normalized spacial score (nSPS) is 12.9. The molecule has 2 aromatic rings. The predicted octanol–water partition coefficient (Wildman–Crippen LogP) is 5.36. The third kappa shape index (κ3) is 3.44. The van der Waals surface area contributed by atoms with Crippen LogP contribution in [0.1, 0.15) is 43.0 Å². The van der Waals surface area contributed by atoms with Gasteiger partial charge >= 0.3 is 0 Å². The summed E-state index contributed by atoms with van der Waals surface area (Å²) in [5.74, 6) is 0. The largest absolute Gasteiger partial charge is 0.312 e. The van der Waals surface area contributed by atoms with Crippen molar-refractivity contribution in [2.75, 3.05) is 7.05 Å². The highest BCUT2D eigenvalue weighted by Crippen LogP contribution is 2.34. The van der Waals surface area contributed by atoms with Gasteiger partial charge in [-0.05, 0) is 43.8 Å². The van der Waals surface area contributed by atoms with E-state index in [1.54, 1.807) is 0 Å². The summed E-state index contributed by atoms with van der Waals surface area (Å²) < 4.78 is 2.86. The summed E-state index contributed by atoms with van der Waals surface area (Å²) in [6.45, 7) is 3.77. The van der Waals surface area contributed by atoms with Gasteiger partial charge in [0.25, 0.3) is 0 Å². The monoisotopic (exact) mass is 279 g/mol. The van der Waals surface area contributed by atoms with Crippen molar-refractivity contribution in [2.24, 2.45) is 0 Å². The summed E-state index contributed by atoms with van der Waals surface area (Å²) in [5, 5.41) is 5.63. The number of rotatable bonds is 8. The van der Waals surface area contributed by atoms with Crippen LogP contribution in [0.25, 0.3) is 9.40 Å². The molecule has 0 aromatic carbocycles. The Balaban J connectivity index is 1.88. The molecule has 0 saturated heterocycles. The molecule has 3 heteroatoms. The zero-order valence-corrected chi connectivity index (χ0v) is 12.6. The fraction of sp³-hybridized carbons (Fsp3) is 0.467. The van der Waals surface area contributed by atoms with Gasteiger partial charge in [-0.3, -0.25) is 0 Å². The molecule has 2 rings (SSSR count). The lowest BCUT2D eigenvalue weighted by Crippen LogP contribution is -2.14. The first-order chi connectivity index (χ1) is 8.85. The number of unbranched alkanes of at least 4 members (excludes halogenated alkanes) is 3. The lowest BCUT2D eigenvalue weighted by Gasteiger charge is -2.13. The summed E-state index contributed by atoms with van der Waals surface area (Å²) in [4.78, 5) is 1.49. The van der Waals surface area contributed by atoms with Gasteiger partial charge in [0.1, 0.15) is 0 Å². The maximum Gasteiger partial charge on any atom is 0.0454 e. The standard InChI is InChI=1S/C15H21NS2/c1-3-4-5-6-7-8-12(16-2)14-11-15-13(18-14)9-10-17-15/h3,9-12,16H,1,4-8H2,2H3. The second kappa shape index (κ2) is 7.07. The van der Waals surface area contributed by atoms with Crippen molar-refractivity contribution in [3.8, 4) is 0 Å². The van der Waals surface area contributed by atoms with Crippen LogP contribution in [-0.2, 0) is 0 Å². The third-order valence-electron chi connectivity index (χ3n) is 3.25. The molecular weight excluding hydrogens is 258 g/mol. The van der Waals surface area contributed by atoms with E-state index in [2.05, 4.69) is 36.5 Å². The van der Waals surface area contributed by atoms with Crippen molar-refractivity contribution >= 4 is 32.1 Å². The summed E-state index contributed by atoms with van der Waals surface area (Å²) in [6, 6.07) is 5.11. The number of nitrogens with one attached hydrogen (secondary N) is 1. The summed E-state index contributed by atoms with van der Waals surface area (Å²) in [7, 11) is 2.07. The van der Waals surface area contributed by atoms with Crippen LogP contribution in [0.5, 0.6) is 0 Å². The molecule has 2 heterocycles. The lowest BCUT2D eigenvalue weighted by atomic mass is 10.1. The molecule has 1 unspecified atom stereocenters. The Morgan fingerprint density at radius 2 is 2.22 bits per heavy atom. The summed E-state index contributed by atoms with van der Waals surface area (Å²) in [6.07, 6.45) is 8.29. The maximum atomic E-state index is 3.77. The van der Waals surface area contributed by atoms with Crippen molar-refractivity contribution in [1.29, 1.82) is 0 Å². The van der Waals surface area contributed by atoms with E-state index in [4.69, 9.17) is 0 Å². The molecule has 0 spiro atoms. The van der Waals surface area contributed by atoms with Crippen molar-refractivity contribution in [3.05, 3.63) is 35.0 Å². The molecule has 98 valence electrons. The van der Waals surface area contributed by atoms with Crippen LogP contribution < -0.4 is 5.32 Å². The number of thiophene rings is 2. The number of fused-ring (bicyclic) bond motifs is 1. The first kappa shape index (κ1) is 13.8.